The van der Waals surface area contributed by atoms with Crippen LogP contribution in [0.3, 0.4) is 0 Å². The standard InChI is InChI=1S/C18H29N3O3/c1-5-14-12-20(16-9-7-8-10-17(16)21(23)24)15(6-2)11-19(14)13-18(3,4)22/h7-10,14-15,22H,5-6,11-13H2,1-4H3/t14-,15+/m1/s1. The summed E-state index contributed by atoms with van der Waals surface area (Å²) in [5.74, 6) is 0. The minimum Gasteiger partial charge on any atom is -0.389 e. The highest BCUT2D eigenvalue weighted by Crippen LogP contribution is 2.33. The lowest BCUT2D eigenvalue weighted by Gasteiger charge is -2.48. The summed E-state index contributed by atoms with van der Waals surface area (Å²) in [6.07, 6.45) is 1.86. The van der Waals surface area contributed by atoms with Gasteiger partial charge in [-0.25, -0.2) is 0 Å². The zero-order valence-corrected chi connectivity index (χ0v) is 15.1. The Hall–Kier alpha value is -1.66. The molecule has 134 valence electrons. The minimum absolute atomic E-state index is 0.168. The number of β-amino-alcohol motifs (C(OH)–C–C–N with tert-alkyl or cyclic N) is 1. The van der Waals surface area contributed by atoms with Gasteiger partial charge < -0.3 is 10.0 Å². The molecule has 0 bridgehead atoms. The minimum atomic E-state index is -0.743. The maximum atomic E-state index is 11.4. The molecule has 0 amide bonds. The molecule has 1 aromatic carbocycles. The molecule has 0 radical (unpaired) electrons. The third kappa shape index (κ3) is 4.24. The van der Waals surface area contributed by atoms with Crippen molar-refractivity contribution in [2.24, 2.45) is 0 Å². The van der Waals surface area contributed by atoms with Crippen LogP contribution in [0.15, 0.2) is 24.3 Å². The molecule has 6 heteroatoms. The van der Waals surface area contributed by atoms with Crippen LogP contribution in [0.4, 0.5) is 11.4 Å². The van der Waals surface area contributed by atoms with E-state index in [1.54, 1.807) is 12.1 Å². The number of anilines is 1. The van der Waals surface area contributed by atoms with Crippen LogP contribution < -0.4 is 4.90 Å². The van der Waals surface area contributed by atoms with E-state index in [0.29, 0.717) is 12.2 Å². The van der Waals surface area contributed by atoms with Crippen molar-refractivity contribution in [2.75, 3.05) is 24.5 Å². The first-order valence-corrected chi connectivity index (χ1v) is 8.73. The smallest absolute Gasteiger partial charge is 0.292 e. The number of nitro groups is 1. The molecule has 2 rings (SSSR count). The molecule has 1 heterocycles. The van der Waals surface area contributed by atoms with Crippen LogP contribution in [0.25, 0.3) is 0 Å². The first-order chi connectivity index (χ1) is 11.3. The van der Waals surface area contributed by atoms with Gasteiger partial charge in [-0.1, -0.05) is 26.0 Å². The van der Waals surface area contributed by atoms with Gasteiger partial charge in [0.2, 0.25) is 0 Å². The molecular weight excluding hydrogens is 306 g/mol. The number of hydrogen-bond acceptors (Lipinski definition) is 5. The fraction of sp³-hybridized carbons (Fsp3) is 0.667. The molecule has 1 aliphatic heterocycles. The van der Waals surface area contributed by atoms with Gasteiger partial charge in [0.1, 0.15) is 5.69 Å². The van der Waals surface area contributed by atoms with Crippen molar-refractivity contribution in [3.63, 3.8) is 0 Å². The van der Waals surface area contributed by atoms with Gasteiger partial charge in [-0.05, 0) is 32.8 Å². The number of nitro benzene ring substituents is 1. The van der Waals surface area contributed by atoms with Gasteiger partial charge in [0.25, 0.3) is 5.69 Å². The third-order valence-electron chi connectivity index (χ3n) is 4.73. The Bertz CT molecular complexity index is 571. The molecule has 2 atom stereocenters. The summed E-state index contributed by atoms with van der Waals surface area (Å²) in [5.41, 5.74) is 0.129. The van der Waals surface area contributed by atoms with E-state index in [9.17, 15) is 15.2 Å². The second-order valence-electron chi connectivity index (χ2n) is 7.26. The second-order valence-corrected chi connectivity index (χ2v) is 7.26. The number of para-hydroxylation sites is 2. The van der Waals surface area contributed by atoms with Crippen molar-refractivity contribution in [3.8, 4) is 0 Å². The maximum absolute atomic E-state index is 11.4. The van der Waals surface area contributed by atoms with Gasteiger partial charge in [-0.2, -0.15) is 0 Å². The Labute approximate surface area is 144 Å². The van der Waals surface area contributed by atoms with E-state index < -0.39 is 5.60 Å². The number of aliphatic hydroxyl groups is 1. The zero-order chi connectivity index (χ0) is 17.9. The Balaban J connectivity index is 2.31. The van der Waals surface area contributed by atoms with E-state index in [4.69, 9.17) is 0 Å². The Morgan fingerprint density at radius 1 is 1.21 bits per heavy atom. The van der Waals surface area contributed by atoms with Crippen LogP contribution in [0.2, 0.25) is 0 Å². The lowest BCUT2D eigenvalue weighted by atomic mass is 9.98. The summed E-state index contributed by atoms with van der Waals surface area (Å²) in [6, 6.07) is 7.48. The molecular formula is C18H29N3O3. The van der Waals surface area contributed by atoms with Crippen molar-refractivity contribution in [3.05, 3.63) is 34.4 Å². The summed E-state index contributed by atoms with van der Waals surface area (Å²) < 4.78 is 0. The Morgan fingerprint density at radius 3 is 2.38 bits per heavy atom. The van der Waals surface area contributed by atoms with Crippen LogP contribution in [-0.4, -0.2) is 52.2 Å². The Morgan fingerprint density at radius 2 is 1.83 bits per heavy atom. The van der Waals surface area contributed by atoms with Crippen molar-refractivity contribution < 1.29 is 10.0 Å². The maximum Gasteiger partial charge on any atom is 0.292 e. The van der Waals surface area contributed by atoms with Gasteiger partial charge in [-0.15, -0.1) is 0 Å². The van der Waals surface area contributed by atoms with Crippen LogP contribution in [-0.2, 0) is 0 Å². The number of hydrogen-bond donors (Lipinski definition) is 1. The molecule has 0 aromatic heterocycles. The summed E-state index contributed by atoms with van der Waals surface area (Å²) >= 11 is 0. The number of nitrogens with zero attached hydrogens (tertiary/aromatic N) is 3. The summed E-state index contributed by atoms with van der Waals surface area (Å²) in [4.78, 5) is 15.6. The van der Waals surface area contributed by atoms with E-state index in [-0.39, 0.29) is 22.7 Å². The third-order valence-corrected chi connectivity index (χ3v) is 4.73. The van der Waals surface area contributed by atoms with Crippen LogP contribution in [0, 0.1) is 10.1 Å². The monoisotopic (exact) mass is 335 g/mol. The molecule has 24 heavy (non-hydrogen) atoms. The molecule has 0 spiro atoms. The van der Waals surface area contributed by atoms with Gasteiger partial charge in [0, 0.05) is 37.8 Å². The van der Waals surface area contributed by atoms with Crippen LogP contribution >= 0.6 is 0 Å². The van der Waals surface area contributed by atoms with Gasteiger partial charge in [-0.3, -0.25) is 15.0 Å². The predicted molar refractivity (Wildman–Crippen MR) is 96.5 cm³/mol. The first-order valence-electron chi connectivity index (χ1n) is 8.73. The highest BCUT2D eigenvalue weighted by atomic mass is 16.6. The topological polar surface area (TPSA) is 69.8 Å². The molecule has 1 saturated heterocycles. The first kappa shape index (κ1) is 18.7. The average molecular weight is 335 g/mol. The van der Waals surface area contributed by atoms with Crippen LogP contribution in [0.5, 0.6) is 0 Å². The SMILES string of the molecule is CC[C@@H]1CN(c2ccccc2[N+](=O)[O-])[C@@H](CC)CN1CC(C)(C)O. The second kappa shape index (κ2) is 7.49. The quantitative estimate of drug-likeness (QED) is 0.639. The Kier molecular flexibility index (Phi) is 5.83. The average Bonchev–Trinajstić information content (AvgIpc) is 2.53. The summed E-state index contributed by atoms with van der Waals surface area (Å²) in [6.45, 7) is 10.1. The lowest BCUT2D eigenvalue weighted by molar-refractivity contribution is -0.384. The van der Waals surface area contributed by atoms with E-state index in [0.717, 1.165) is 25.9 Å². The van der Waals surface area contributed by atoms with E-state index in [1.165, 1.54) is 0 Å². The molecule has 0 unspecified atom stereocenters. The molecule has 1 fully saturated rings. The molecule has 6 nitrogen and oxygen atoms in total. The summed E-state index contributed by atoms with van der Waals surface area (Å²) in [7, 11) is 0. The highest BCUT2D eigenvalue weighted by Gasteiger charge is 2.36. The molecule has 1 aliphatic rings. The fourth-order valence-corrected chi connectivity index (χ4v) is 3.59. The lowest BCUT2D eigenvalue weighted by Crippen LogP contribution is -2.60. The molecule has 1 N–H and O–H groups in total. The normalized spacial score (nSPS) is 22.6. The molecule has 0 aliphatic carbocycles. The van der Waals surface area contributed by atoms with E-state index in [2.05, 4.69) is 23.6 Å². The van der Waals surface area contributed by atoms with Crippen LogP contribution in [0.1, 0.15) is 40.5 Å². The number of rotatable bonds is 6. The van der Waals surface area contributed by atoms with Crippen molar-refractivity contribution in [2.45, 2.75) is 58.2 Å². The highest BCUT2D eigenvalue weighted by molar-refractivity contribution is 5.64. The van der Waals surface area contributed by atoms with E-state index >= 15 is 0 Å². The van der Waals surface area contributed by atoms with E-state index in [1.807, 2.05) is 26.0 Å². The predicted octanol–water partition coefficient (Wildman–Crippen LogP) is 3.04. The number of benzene rings is 1. The van der Waals surface area contributed by atoms with Crippen molar-refractivity contribution in [1.82, 2.24) is 4.90 Å². The molecule has 1 aromatic rings. The van der Waals surface area contributed by atoms with Gasteiger partial charge >= 0.3 is 0 Å². The zero-order valence-electron chi connectivity index (χ0n) is 15.1. The largest absolute Gasteiger partial charge is 0.389 e. The van der Waals surface area contributed by atoms with Gasteiger partial charge in [0.15, 0.2) is 0 Å². The van der Waals surface area contributed by atoms with Gasteiger partial charge in [0.05, 0.1) is 10.5 Å². The molecule has 0 saturated carbocycles. The van der Waals surface area contributed by atoms with Crippen molar-refractivity contribution >= 4 is 11.4 Å². The summed E-state index contributed by atoms with van der Waals surface area (Å²) in [5, 5.41) is 21.6. The van der Waals surface area contributed by atoms with Crippen molar-refractivity contribution in [1.29, 1.82) is 0 Å². The number of piperazine rings is 1. The fourth-order valence-electron chi connectivity index (χ4n) is 3.59.